The van der Waals surface area contributed by atoms with E-state index >= 15 is 0 Å². The summed E-state index contributed by atoms with van der Waals surface area (Å²) in [4.78, 5) is 2.49. The lowest BCUT2D eigenvalue weighted by Gasteiger charge is -2.28. The Kier molecular flexibility index (Phi) is 4.99. The average molecular weight is 273 g/mol. The summed E-state index contributed by atoms with van der Waals surface area (Å²) in [6.45, 7) is 5.37. The fourth-order valence-corrected chi connectivity index (χ4v) is 3.24. The van der Waals surface area contributed by atoms with E-state index in [2.05, 4.69) is 29.3 Å². The third kappa shape index (κ3) is 2.79. The van der Waals surface area contributed by atoms with E-state index in [9.17, 15) is 5.26 Å². The van der Waals surface area contributed by atoms with Crippen molar-refractivity contribution < 1.29 is 4.74 Å². The van der Waals surface area contributed by atoms with E-state index in [-0.39, 0.29) is 0 Å². The maximum absolute atomic E-state index is 9.25. The number of nitrogens with one attached hydrogen (secondary N) is 1. The molecule has 1 aliphatic rings. The number of ether oxygens (including phenoxy) is 1. The minimum Gasteiger partial charge on any atom is -0.495 e. The van der Waals surface area contributed by atoms with Crippen molar-refractivity contribution in [3.63, 3.8) is 0 Å². The first-order valence-corrected chi connectivity index (χ1v) is 7.21. The molecule has 4 nitrogen and oxygen atoms in total. The van der Waals surface area contributed by atoms with Crippen molar-refractivity contribution in [3.05, 3.63) is 29.3 Å². The molecule has 0 bridgehead atoms. The van der Waals surface area contributed by atoms with E-state index < -0.39 is 0 Å². The summed E-state index contributed by atoms with van der Waals surface area (Å²) in [5.41, 5.74) is 1.85. The highest BCUT2D eigenvalue weighted by molar-refractivity contribution is 5.46. The highest BCUT2D eigenvalue weighted by Crippen LogP contribution is 2.38. The molecule has 1 aromatic rings. The monoisotopic (exact) mass is 273 g/mol. The van der Waals surface area contributed by atoms with Gasteiger partial charge in [0.25, 0.3) is 0 Å². The van der Waals surface area contributed by atoms with Gasteiger partial charge in [0, 0.05) is 6.04 Å². The predicted octanol–water partition coefficient (Wildman–Crippen LogP) is 2.17. The largest absolute Gasteiger partial charge is 0.495 e. The Balaban J connectivity index is 2.34. The summed E-state index contributed by atoms with van der Waals surface area (Å²) in [7, 11) is 3.61. The molecular weight excluding hydrogens is 250 g/mol. The quantitative estimate of drug-likeness (QED) is 0.893. The molecule has 0 spiro atoms. The van der Waals surface area contributed by atoms with Crippen LogP contribution in [0.3, 0.4) is 0 Å². The van der Waals surface area contributed by atoms with Gasteiger partial charge in [0.15, 0.2) is 0 Å². The smallest absolute Gasteiger partial charge is 0.136 e. The lowest BCUT2D eigenvalue weighted by atomic mass is 9.92. The highest BCUT2D eigenvalue weighted by atomic mass is 16.5. The van der Waals surface area contributed by atoms with Crippen molar-refractivity contribution in [1.82, 2.24) is 10.2 Å². The molecule has 0 amide bonds. The Morgan fingerprint density at radius 3 is 2.90 bits per heavy atom. The number of rotatable bonds is 5. The van der Waals surface area contributed by atoms with Crippen LogP contribution in [-0.4, -0.2) is 38.7 Å². The Labute approximate surface area is 121 Å². The summed E-state index contributed by atoms with van der Waals surface area (Å²) in [5, 5.41) is 12.5. The van der Waals surface area contributed by atoms with Crippen LogP contribution < -0.4 is 10.1 Å². The molecule has 1 aliphatic heterocycles. The van der Waals surface area contributed by atoms with E-state index in [1.165, 1.54) is 12.0 Å². The zero-order valence-corrected chi connectivity index (χ0v) is 12.5. The summed E-state index contributed by atoms with van der Waals surface area (Å²) >= 11 is 0. The number of hydrogen-bond acceptors (Lipinski definition) is 4. The van der Waals surface area contributed by atoms with Crippen molar-refractivity contribution in [2.24, 2.45) is 5.92 Å². The first-order valence-electron chi connectivity index (χ1n) is 7.21. The van der Waals surface area contributed by atoms with Crippen LogP contribution in [-0.2, 0) is 0 Å². The van der Waals surface area contributed by atoms with Gasteiger partial charge in [-0.2, -0.15) is 5.26 Å². The molecule has 1 aromatic carbocycles. The van der Waals surface area contributed by atoms with Gasteiger partial charge in [-0.15, -0.1) is 0 Å². The van der Waals surface area contributed by atoms with E-state index in [0.717, 1.165) is 19.6 Å². The van der Waals surface area contributed by atoms with Gasteiger partial charge >= 0.3 is 0 Å². The molecule has 0 saturated carbocycles. The summed E-state index contributed by atoms with van der Waals surface area (Å²) in [6, 6.07) is 8.62. The second-order valence-corrected chi connectivity index (χ2v) is 5.25. The number of likely N-dealkylation sites (tertiary alicyclic amines) is 1. The van der Waals surface area contributed by atoms with Gasteiger partial charge in [-0.05, 0) is 56.7 Å². The van der Waals surface area contributed by atoms with Crippen LogP contribution in [0.1, 0.15) is 30.5 Å². The van der Waals surface area contributed by atoms with Crippen molar-refractivity contribution in [3.8, 4) is 11.8 Å². The molecule has 2 rings (SSSR count). The van der Waals surface area contributed by atoms with Crippen LogP contribution in [0.2, 0.25) is 0 Å². The Hall–Kier alpha value is -1.57. The third-order valence-corrected chi connectivity index (χ3v) is 4.19. The summed E-state index contributed by atoms with van der Waals surface area (Å²) in [6.07, 6.45) is 1.20. The SMILES string of the molecule is CCN1CCC(CNC)C1c1ccc(OC)c(C#N)c1. The highest BCUT2D eigenvalue weighted by Gasteiger charge is 2.34. The molecule has 4 heteroatoms. The standard InChI is InChI=1S/C16H23N3O/c1-4-19-8-7-13(11-18-2)16(19)12-5-6-15(20-3)14(9-12)10-17/h5-6,9,13,16,18H,4,7-8,11H2,1-3H3. The zero-order chi connectivity index (χ0) is 14.5. The molecule has 1 N–H and O–H groups in total. The Bertz CT molecular complexity index is 495. The topological polar surface area (TPSA) is 48.3 Å². The second kappa shape index (κ2) is 6.74. The molecule has 0 aliphatic carbocycles. The number of hydrogen-bond donors (Lipinski definition) is 1. The van der Waals surface area contributed by atoms with E-state index in [0.29, 0.717) is 23.3 Å². The molecular formula is C16H23N3O. The molecule has 2 unspecified atom stereocenters. The first-order chi connectivity index (χ1) is 9.74. The lowest BCUT2D eigenvalue weighted by molar-refractivity contribution is 0.238. The lowest BCUT2D eigenvalue weighted by Crippen LogP contribution is -2.29. The molecule has 20 heavy (non-hydrogen) atoms. The van der Waals surface area contributed by atoms with Gasteiger partial charge in [-0.3, -0.25) is 4.90 Å². The van der Waals surface area contributed by atoms with Gasteiger partial charge in [-0.1, -0.05) is 13.0 Å². The van der Waals surface area contributed by atoms with Gasteiger partial charge < -0.3 is 10.1 Å². The molecule has 0 aromatic heterocycles. The molecule has 2 atom stereocenters. The zero-order valence-electron chi connectivity index (χ0n) is 12.5. The molecule has 0 radical (unpaired) electrons. The minimum absolute atomic E-state index is 0.394. The predicted molar refractivity (Wildman–Crippen MR) is 79.7 cm³/mol. The van der Waals surface area contributed by atoms with Crippen LogP contribution in [0, 0.1) is 17.2 Å². The molecule has 1 saturated heterocycles. The first kappa shape index (κ1) is 14.8. The number of methoxy groups -OCH3 is 1. The summed E-state index contributed by atoms with van der Waals surface area (Å²) < 4.78 is 5.23. The van der Waals surface area contributed by atoms with E-state index in [1.807, 2.05) is 19.2 Å². The van der Waals surface area contributed by atoms with Crippen molar-refractivity contribution in [2.45, 2.75) is 19.4 Å². The normalized spacial score (nSPS) is 22.7. The van der Waals surface area contributed by atoms with Gasteiger partial charge in [0.2, 0.25) is 0 Å². The molecule has 108 valence electrons. The number of nitriles is 1. The molecule has 1 heterocycles. The van der Waals surface area contributed by atoms with Crippen LogP contribution in [0.5, 0.6) is 5.75 Å². The third-order valence-electron chi connectivity index (χ3n) is 4.19. The fourth-order valence-electron chi connectivity index (χ4n) is 3.24. The van der Waals surface area contributed by atoms with E-state index in [1.54, 1.807) is 7.11 Å². The van der Waals surface area contributed by atoms with Crippen LogP contribution in [0.4, 0.5) is 0 Å². The van der Waals surface area contributed by atoms with Crippen molar-refractivity contribution in [1.29, 1.82) is 5.26 Å². The minimum atomic E-state index is 0.394. The fraction of sp³-hybridized carbons (Fsp3) is 0.562. The Morgan fingerprint density at radius 2 is 2.30 bits per heavy atom. The number of nitrogens with zero attached hydrogens (tertiary/aromatic N) is 2. The van der Waals surface area contributed by atoms with Gasteiger partial charge in [-0.25, -0.2) is 0 Å². The number of benzene rings is 1. The van der Waals surface area contributed by atoms with Crippen LogP contribution >= 0.6 is 0 Å². The van der Waals surface area contributed by atoms with E-state index in [4.69, 9.17) is 4.74 Å². The average Bonchev–Trinajstić information content (AvgIpc) is 2.89. The van der Waals surface area contributed by atoms with Gasteiger partial charge in [0.05, 0.1) is 12.7 Å². The van der Waals surface area contributed by atoms with Crippen LogP contribution in [0.25, 0.3) is 0 Å². The molecule has 1 fully saturated rings. The van der Waals surface area contributed by atoms with Crippen molar-refractivity contribution in [2.75, 3.05) is 33.8 Å². The Morgan fingerprint density at radius 1 is 1.50 bits per heavy atom. The maximum Gasteiger partial charge on any atom is 0.136 e. The van der Waals surface area contributed by atoms with Gasteiger partial charge in [0.1, 0.15) is 11.8 Å². The van der Waals surface area contributed by atoms with Crippen LogP contribution in [0.15, 0.2) is 18.2 Å². The maximum atomic E-state index is 9.25. The van der Waals surface area contributed by atoms with Crippen molar-refractivity contribution >= 4 is 0 Å². The second-order valence-electron chi connectivity index (χ2n) is 5.25. The summed E-state index contributed by atoms with van der Waals surface area (Å²) in [5.74, 6) is 1.25.